The van der Waals surface area contributed by atoms with Crippen molar-refractivity contribution in [1.29, 1.82) is 0 Å². The van der Waals surface area contributed by atoms with Crippen LogP contribution in [0.4, 0.5) is 10.6 Å². The van der Waals surface area contributed by atoms with Crippen LogP contribution in [0.15, 0.2) is 18.2 Å². The molecular weight excluding hydrogens is 264 g/mol. The molecule has 0 aliphatic carbocycles. The maximum atomic E-state index is 11.6. The molecule has 0 aliphatic rings. The zero-order valence-electron chi connectivity index (χ0n) is 11.7. The van der Waals surface area contributed by atoms with Gasteiger partial charge in [0.15, 0.2) is 0 Å². The summed E-state index contributed by atoms with van der Waals surface area (Å²) in [7, 11) is 1.10. The summed E-state index contributed by atoms with van der Waals surface area (Å²) in [5.74, 6) is -1.80. The van der Waals surface area contributed by atoms with Gasteiger partial charge in [0.05, 0.1) is 7.11 Å². The minimum Gasteiger partial charge on any atom is -0.463 e. The summed E-state index contributed by atoms with van der Waals surface area (Å²) in [5, 5.41) is 2.37. The average Bonchev–Trinajstić information content (AvgIpc) is 2.34. The number of ketones is 1. The third-order valence-electron chi connectivity index (χ3n) is 1.98. The van der Waals surface area contributed by atoms with Gasteiger partial charge in [-0.15, -0.1) is 0 Å². The topological polar surface area (TPSA) is 94.6 Å². The number of hydrogen-bond donors (Lipinski definition) is 1. The monoisotopic (exact) mass is 280 g/mol. The van der Waals surface area contributed by atoms with Crippen LogP contribution in [0.1, 0.15) is 31.3 Å². The molecule has 1 aromatic rings. The third-order valence-corrected chi connectivity index (χ3v) is 1.98. The van der Waals surface area contributed by atoms with Crippen molar-refractivity contribution in [3.8, 4) is 0 Å². The van der Waals surface area contributed by atoms with Crippen molar-refractivity contribution in [3.05, 3.63) is 23.9 Å². The molecule has 0 aromatic carbocycles. The van der Waals surface area contributed by atoms with Crippen molar-refractivity contribution >= 4 is 23.7 Å². The maximum absolute atomic E-state index is 11.6. The molecule has 1 aromatic heterocycles. The molecule has 7 nitrogen and oxygen atoms in total. The number of rotatable bonds is 3. The second-order valence-electron chi connectivity index (χ2n) is 4.86. The number of carbonyl (C=O) groups is 3. The molecule has 1 rings (SSSR count). The summed E-state index contributed by atoms with van der Waals surface area (Å²) in [6.45, 7) is 5.16. The van der Waals surface area contributed by atoms with Crippen LogP contribution in [0.2, 0.25) is 0 Å². The van der Waals surface area contributed by atoms with E-state index in [0.29, 0.717) is 0 Å². The normalized spacial score (nSPS) is 10.6. The quantitative estimate of drug-likeness (QED) is 0.515. The van der Waals surface area contributed by atoms with Crippen LogP contribution in [0.25, 0.3) is 0 Å². The lowest BCUT2D eigenvalue weighted by Gasteiger charge is -2.19. The molecule has 0 radical (unpaired) electrons. The number of ether oxygens (including phenoxy) is 2. The van der Waals surface area contributed by atoms with E-state index < -0.39 is 23.4 Å². The van der Waals surface area contributed by atoms with E-state index in [2.05, 4.69) is 15.0 Å². The lowest BCUT2D eigenvalue weighted by atomic mass is 10.2. The number of carbonyl (C=O) groups excluding carboxylic acids is 3. The van der Waals surface area contributed by atoms with Crippen LogP contribution in [-0.4, -0.2) is 35.5 Å². The molecule has 0 aliphatic heterocycles. The highest BCUT2D eigenvalue weighted by Crippen LogP contribution is 2.11. The number of nitrogens with zero attached hydrogens (tertiary/aromatic N) is 1. The van der Waals surface area contributed by atoms with Gasteiger partial charge in [-0.1, -0.05) is 6.07 Å². The van der Waals surface area contributed by atoms with E-state index >= 15 is 0 Å². The minimum absolute atomic E-state index is 0.106. The number of hydrogen-bond acceptors (Lipinski definition) is 6. The molecule has 0 saturated carbocycles. The minimum atomic E-state index is -1.02. The van der Waals surface area contributed by atoms with E-state index in [9.17, 15) is 14.4 Å². The van der Waals surface area contributed by atoms with Gasteiger partial charge >= 0.3 is 12.1 Å². The van der Waals surface area contributed by atoms with Crippen LogP contribution in [-0.2, 0) is 14.3 Å². The number of amides is 1. The van der Waals surface area contributed by atoms with Crippen molar-refractivity contribution in [2.45, 2.75) is 26.4 Å². The molecule has 0 atom stereocenters. The molecule has 1 heterocycles. The van der Waals surface area contributed by atoms with E-state index in [-0.39, 0.29) is 11.5 Å². The lowest BCUT2D eigenvalue weighted by Crippen LogP contribution is -2.27. The standard InChI is InChI=1S/C13H16N2O5/c1-13(2,3)20-12(18)15-9-7-5-6-8(14-9)10(16)11(17)19-4/h5-7H,1-4H3,(H,14,15,18). The molecule has 20 heavy (non-hydrogen) atoms. The van der Waals surface area contributed by atoms with Crippen LogP contribution in [0.3, 0.4) is 0 Å². The van der Waals surface area contributed by atoms with Crippen LogP contribution < -0.4 is 5.32 Å². The number of nitrogens with one attached hydrogen (secondary N) is 1. The molecule has 0 unspecified atom stereocenters. The summed E-state index contributed by atoms with van der Waals surface area (Å²) < 4.78 is 9.36. The summed E-state index contributed by atoms with van der Waals surface area (Å²) in [6, 6.07) is 4.30. The molecule has 0 spiro atoms. The van der Waals surface area contributed by atoms with E-state index in [1.165, 1.54) is 18.2 Å². The fraction of sp³-hybridized carbons (Fsp3) is 0.385. The van der Waals surface area contributed by atoms with Gasteiger partial charge in [-0.2, -0.15) is 0 Å². The molecule has 0 bridgehead atoms. The Bertz CT molecular complexity index is 534. The highest BCUT2D eigenvalue weighted by atomic mass is 16.6. The number of methoxy groups -OCH3 is 1. The van der Waals surface area contributed by atoms with Gasteiger partial charge in [0, 0.05) is 0 Å². The maximum Gasteiger partial charge on any atom is 0.413 e. The largest absolute Gasteiger partial charge is 0.463 e. The first kappa shape index (κ1) is 15.6. The first-order valence-electron chi connectivity index (χ1n) is 5.82. The Morgan fingerprint density at radius 3 is 2.40 bits per heavy atom. The highest BCUT2D eigenvalue weighted by Gasteiger charge is 2.20. The summed E-state index contributed by atoms with van der Waals surface area (Å²) >= 11 is 0. The van der Waals surface area contributed by atoms with Gasteiger partial charge in [0.25, 0.3) is 5.78 Å². The van der Waals surface area contributed by atoms with Gasteiger partial charge in [-0.05, 0) is 32.9 Å². The SMILES string of the molecule is COC(=O)C(=O)c1cccc(NC(=O)OC(C)(C)C)n1. The number of aromatic nitrogens is 1. The van der Waals surface area contributed by atoms with Gasteiger partial charge < -0.3 is 9.47 Å². The average molecular weight is 280 g/mol. The molecule has 1 amide bonds. The molecular formula is C13H16N2O5. The van der Waals surface area contributed by atoms with E-state index in [0.717, 1.165) is 7.11 Å². The Hall–Kier alpha value is -2.44. The van der Waals surface area contributed by atoms with Crippen LogP contribution >= 0.6 is 0 Å². The van der Waals surface area contributed by atoms with Gasteiger partial charge in [0.1, 0.15) is 17.1 Å². The Morgan fingerprint density at radius 1 is 1.20 bits per heavy atom. The van der Waals surface area contributed by atoms with Crippen molar-refractivity contribution < 1.29 is 23.9 Å². The fourth-order valence-electron chi connectivity index (χ4n) is 1.24. The van der Waals surface area contributed by atoms with E-state index in [1.807, 2.05) is 0 Å². The second-order valence-corrected chi connectivity index (χ2v) is 4.86. The molecule has 108 valence electrons. The molecule has 0 fully saturated rings. The van der Waals surface area contributed by atoms with Gasteiger partial charge in [-0.3, -0.25) is 10.1 Å². The summed E-state index contributed by atoms with van der Waals surface area (Å²) in [5.41, 5.74) is -0.769. The Labute approximate surface area is 116 Å². The number of pyridine rings is 1. The van der Waals surface area contributed by atoms with Crippen molar-refractivity contribution in [3.63, 3.8) is 0 Å². The first-order chi connectivity index (χ1) is 9.23. The molecule has 1 N–H and O–H groups in total. The summed E-state index contributed by atoms with van der Waals surface area (Å²) in [4.78, 5) is 38.1. The van der Waals surface area contributed by atoms with Gasteiger partial charge in [-0.25, -0.2) is 14.6 Å². The number of Topliss-reactive ketones (excluding diaryl/α,β-unsaturated/α-hetero) is 1. The van der Waals surface area contributed by atoms with E-state index in [1.54, 1.807) is 20.8 Å². The van der Waals surface area contributed by atoms with E-state index in [4.69, 9.17) is 4.74 Å². The highest BCUT2D eigenvalue weighted by molar-refractivity contribution is 6.40. The second kappa shape index (κ2) is 6.14. The fourth-order valence-corrected chi connectivity index (χ4v) is 1.24. The summed E-state index contributed by atoms with van der Waals surface area (Å²) in [6.07, 6.45) is -0.701. The number of esters is 1. The smallest absolute Gasteiger partial charge is 0.413 e. The zero-order valence-corrected chi connectivity index (χ0v) is 11.7. The van der Waals surface area contributed by atoms with Crippen LogP contribution in [0, 0.1) is 0 Å². The Kier molecular flexibility index (Phi) is 4.79. The zero-order chi connectivity index (χ0) is 15.3. The first-order valence-corrected chi connectivity index (χ1v) is 5.82. The Morgan fingerprint density at radius 2 is 1.85 bits per heavy atom. The van der Waals surface area contributed by atoms with Crippen molar-refractivity contribution in [2.24, 2.45) is 0 Å². The lowest BCUT2D eigenvalue weighted by molar-refractivity contribution is -0.135. The molecule has 7 heteroatoms. The Balaban J connectivity index is 2.81. The predicted octanol–water partition coefficient (Wildman–Crippen LogP) is 1.78. The van der Waals surface area contributed by atoms with Crippen molar-refractivity contribution in [2.75, 3.05) is 12.4 Å². The number of anilines is 1. The van der Waals surface area contributed by atoms with Gasteiger partial charge in [0.2, 0.25) is 0 Å². The van der Waals surface area contributed by atoms with Crippen molar-refractivity contribution in [1.82, 2.24) is 4.98 Å². The molecule has 0 saturated heterocycles. The third kappa shape index (κ3) is 4.68. The predicted molar refractivity (Wildman–Crippen MR) is 70.4 cm³/mol. The van der Waals surface area contributed by atoms with Crippen LogP contribution in [0.5, 0.6) is 0 Å².